The summed E-state index contributed by atoms with van der Waals surface area (Å²) in [5, 5.41) is 0. The molecule has 0 spiro atoms. The van der Waals surface area contributed by atoms with Crippen LogP contribution in [-0.4, -0.2) is 44.5 Å². The largest absolute Gasteiger partial charge is 0.384 e. The van der Waals surface area contributed by atoms with Crippen molar-refractivity contribution in [1.82, 2.24) is 14.6 Å². The minimum atomic E-state index is -3.46. The molecular weight excluding hydrogens is 344 g/mol. The molecular formula is C16H22N4O2S2. The lowest BCUT2D eigenvalue weighted by atomic mass is 10.1. The van der Waals surface area contributed by atoms with Gasteiger partial charge in [0.15, 0.2) is 0 Å². The number of pyridine rings is 1. The summed E-state index contributed by atoms with van der Waals surface area (Å²) in [5.41, 5.74) is 6.44. The van der Waals surface area contributed by atoms with Gasteiger partial charge in [-0.25, -0.2) is 18.1 Å². The molecule has 0 bridgehead atoms. The molecule has 3 rings (SSSR count). The topological polar surface area (TPSA) is 88.3 Å². The molecule has 24 heavy (non-hydrogen) atoms. The van der Waals surface area contributed by atoms with Crippen molar-refractivity contribution in [3.63, 3.8) is 0 Å². The number of sulfonamides is 1. The Morgan fingerprint density at radius 2 is 1.96 bits per heavy atom. The smallest absolute Gasteiger partial charge is 0.250 e. The van der Waals surface area contributed by atoms with Crippen LogP contribution in [0.25, 0.3) is 10.4 Å². The predicted molar refractivity (Wildman–Crippen MR) is 97.4 cm³/mol. The number of rotatable bonds is 6. The minimum absolute atomic E-state index is 0.327. The third kappa shape index (κ3) is 4.32. The highest BCUT2D eigenvalue weighted by Gasteiger charge is 2.18. The molecule has 6 nitrogen and oxygen atoms in total. The van der Waals surface area contributed by atoms with Gasteiger partial charge in [0.1, 0.15) is 10.0 Å². The molecule has 2 aromatic rings. The van der Waals surface area contributed by atoms with Crippen molar-refractivity contribution in [3.8, 4) is 10.4 Å². The van der Waals surface area contributed by atoms with Crippen molar-refractivity contribution in [2.24, 2.45) is 0 Å². The summed E-state index contributed by atoms with van der Waals surface area (Å²) >= 11 is 1.24. The summed E-state index contributed by atoms with van der Waals surface area (Å²) in [6.45, 7) is 3.34. The maximum Gasteiger partial charge on any atom is 0.250 e. The van der Waals surface area contributed by atoms with Crippen LogP contribution in [0.2, 0.25) is 0 Å². The second-order valence-electron chi connectivity index (χ2n) is 5.89. The number of nitrogens with one attached hydrogen (secondary N) is 1. The van der Waals surface area contributed by atoms with E-state index in [9.17, 15) is 8.42 Å². The second kappa shape index (κ2) is 7.60. The first-order valence-electron chi connectivity index (χ1n) is 8.08. The predicted octanol–water partition coefficient (Wildman–Crippen LogP) is 2.16. The van der Waals surface area contributed by atoms with Crippen LogP contribution in [-0.2, 0) is 10.0 Å². The first kappa shape index (κ1) is 17.3. The molecule has 0 aromatic carbocycles. The van der Waals surface area contributed by atoms with Gasteiger partial charge >= 0.3 is 0 Å². The van der Waals surface area contributed by atoms with Crippen molar-refractivity contribution < 1.29 is 8.42 Å². The van der Waals surface area contributed by atoms with Crippen molar-refractivity contribution in [3.05, 3.63) is 30.5 Å². The van der Waals surface area contributed by atoms with Gasteiger partial charge in [-0.2, -0.15) is 0 Å². The van der Waals surface area contributed by atoms with Crippen molar-refractivity contribution in [2.75, 3.05) is 31.9 Å². The lowest BCUT2D eigenvalue weighted by molar-refractivity contribution is 0.233. The fraction of sp³-hybridized carbons (Fsp3) is 0.438. The van der Waals surface area contributed by atoms with E-state index in [1.165, 1.54) is 30.6 Å². The second-order valence-corrected chi connectivity index (χ2v) is 8.97. The Hall–Kier alpha value is -1.48. The van der Waals surface area contributed by atoms with Crippen LogP contribution in [0, 0.1) is 0 Å². The van der Waals surface area contributed by atoms with Gasteiger partial charge in [-0.1, -0.05) is 6.42 Å². The van der Waals surface area contributed by atoms with Gasteiger partial charge in [0.05, 0.1) is 0 Å². The van der Waals surface area contributed by atoms with Crippen LogP contribution in [0.15, 0.2) is 34.7 Å². The molecule has 0 unspecified atom stereocenters. The van der Waals surface area contributed by atoms with Crippen LogP contribution in [0.3, 0.4) is 0 Å². The molecule has 1 saturated heterocycles. The van der Waals surface area contributed by atoms with E-state index in [1.54, 1.807) is 24.4 Å². The SMILES string of the molecule is Nc1ccc(-c2ccc(S(=O)(=O)NCCN3CCCCC3)s2)cn1. The third-order valence-corrected chi connectivity index (χ3v) is 7.17. The van der Waals surface area contributed by atoms with E-state index in [4.69, 9.17) is 5.73 Å². The highest BCUT2D eigenvalue weighted by Crippen LogP contribution is 2.30. The number of nitrogens with zero attached hydrogens (tertiary/aromatic N) is 2. The normalized spacial score (nSPS) is 16.3. The lowest BCUT2D eigenvalue weighted by Crippen LogP contribution is -2.37. The Bertz CT molecular complexity index is 766. The number of thiophene rings is 1. The molecule has 1 aliphatic heterocycles. The number of likely N-dealkylation sites (tertiary alicyclic amines) is 1. The van der Waals surface area contributed by atoms with Crippen LogP contribution in [0.1, 0.15) is 19.3 Å². The third-order valence-electron chi connectivity index (χ3n) is 4.09. The zero-order chi connectivity index (χ0) is 17.0. The number of nitrogen functional groups attached to an aromatic ring is 1. The van der Waals surface area contributed by atoms with E-state index >= 15 is 0 Å². The molecule has 0 aliphatic carbocycles. The van der Waals surface area contributed by atoms with E-state index in [2.05, 4.69) is 14.6 Å². The summed E-state index contributed by atoms with van der Waals surface area (Å²) < 4.78 is 27.9. The molecule has 3 N–H and O–H groups in total. The average Bonchev–Trinajstić information content (AvgIpc) is 3.07. The first-order valence-corrected chi connectivity index (χ1v) is 10.4. The monoisotopic (exact) mass is 366 g/mol. The molecule has 8 heteroatoms. The number of anilines is 1. The van der Waals surface area contributed by atoms with Crippen molar-refractivity contribution in [2.45, 2.75) is 23.5 Å². The van der Waals surface area contributed by atoms with Gasteiger partial charge in [-0.3, -0.25) is 0 Å². The van der Waals surface area contributed by atoms with Crippen LogP contribution in [0.5, 0.6) is 0 Å². The molecule has 0 amide bonds. The molecule has 1 aliphatic rings. The molecule has 0 saturated carbocycles. The first-order chi connectivity index (χ1) is 11.5. The number of hydrogen-bond acceptors (Lipinski definition) is 6. The zero-order valence-corrected chi connectivity index (χ0v) is 15.1. The lowest BCUT2D eigenvalue weighted by Gasteiger charge is -2.26. The molecule has 0 atom stereocenters. The molecule has 0 radical (unpaired) electrons. The molecule has 2 aromatic heterocycles. The van der Waals surface area contributed by atoms with Crippen LogP contribution < -0.4 is 10.5 Å². The quantitative estimate of drug-likeness (QED) is 0.818. The van der Waals surface area contributed by atoms with Gasteiger partial charge in [-0.05, 0) is 50.2 Å². The highest BCUT2D eigenvalue weighted by molar-refractivity contribution is 7.91. The van der Waals surface area contributed by atoms with E-state index in [-0.39, 0.29) is 0 Å². The summed E-state index contributed by atoms with van der Waals surface area (Å²) in [6.07, 6.45) is 5.34. The number of hydrogen-bond donors (Lipinski definition) is 2. The summed E-state index contributed by atoms with van der Waals surface area (Å²) in [4.78, 5) is 7.21. The highest BCUT2D eigenvalue weighted by atomic mass is 32.2. The molecule has 130 valence electrons. The van der Waals surface area contributed by atoms with Gasteiger partial charge in [0.25, 0.3) is 0 Å². The maximum absolute atomic E-state index is 12.4. The summed E-state index contributed by atoms with van der Waals surface area (Å²) in [5.74, 6) is 0.447. The van der Waals surface area contributed by atoms with E-state index < -0.39 is 10.0 Å². The van der Waals surface area contributed by atoms with E-state index in [0.29, 0.717) is 16.6 Å². The van der Waals surface area contributed by atoms with E-state index in [0.717, 1.165) is 30.1 Å². The standard InChI is InChI=1S/C16H22N4O2S2/c17-15-6-4-13(12-18-15)14-5-7-16(23-14)24(21,22)19-8-11-20-9-2-1-3-10-20/h4-7,12,19H,1-3,8-11H2,(H2,17,18). The van der Waals surface area contributed by atoms with Gasteiger partial charge < -0.3 is 10.6 Å². The average molecular weight is 367 g/mol. The number of nitrogens with two attached hydrogens (primary N) is 1. The Kier molecular flexibility index (Phi) is 5.50. The Morgan fingerprint density at radius 3 is 2.67 bits per heavy atom. The molecule has 1 fully saturated rings. The fourth-order valence-electron chi connectivity index (χ4n) is 2.76. The summed E-state index contributed by atoms with van der Waals surface area (Å²) in [7, 11) is -3.46. The van der Waals surface area contributed by atoms with Gasteiger partial charge in [-0.15, -0.1) is 11.3 Å². The minimum Gasteiger partial charge on any atom is -0.384 e. The maximum atomic E-state index is 12.4. The molecule has 3 heterocycles. The summed E-state index contributed by atoms with van der Waals surface area (Å²) in [6, 6.07) is 6.99. The van der Waals surface area contributed by atoms with Crippen LogP contribution in [0.4, 0.5) is 5.82 Å². The van der Waals surface area contributed by atoms with Gasteiger partial charge in [0.2, 0.25) is 10.0 Å². The van der Waals surface area contributed by atoms with Crippen LogP contribution >= 0.6 is 11.3 Å². The Balaban J connectivity index is 1.61. The Morgan fingerprint density at radius 1 is 1.17 bits per heavy atom. The fourth-order valence-corrected chi connectivity index (χ4v) is 5.12. The number of piperidine rings is 1. The number of aromatic nitrogens is 1. The van der Waals surface area contributed by atoms with Crippen molar-refractivity contribution in [1.29, 1.82) is 0 Å². The van der Waals surface area contributed by atoms with Crippen molar-refractivity contribution >= 4 is 27.2 Å². The van der Waals surface area contributed by atoms with Gasteiger partial charge in [0, 0.05) is 29.7 Å². The Labute approximate surface area is 146 Å². The zero-order valence-electron chi connectivity index (χ0n) is 13.4. The van der Waals surface area contributed by atoms with E-state index in [1.807, 2.05) is 6.07 Å².